The quantitative estimate of drug-likeness (QED) is 0.217. The minimum Gasteiger partial charge on any atom is -0.464 e. The van der Waals surface area contributed by atoms with E-state index in [1.807, 2.05) is 30.3 Å². The van der Waals surface area contributed by atoms with Crippen molar-refractivity contribution in [1.29, 1.82) is 0 Å². The van der Waals surface area contributed by atoms with Crippen molar-refractivity contribution in [2.45, 2.75) is 62.0 Å². The Morgan fingerprint density at radius 2 is 1.68 bits per heavy atom. The number of alkyl halides is 3. The molecule has 210 valence electrons. The molecule has 2 rings (SSSR count). The van der Waals surface area contributed by atoms with Crippen LogP contribution < -0.4 is 0 Å². The van der Waals surface area contributed by atoms with E-state index in [9.17, 15) is 24.0 Å². The van der Waals surface area contributed by atoms with Gasteiger partial charge in [-0.2, -0.15) is 0 Å². The van der Waals surface area contributed by atoms with Crippen LogP contribution in [-0.2, 0) is 39.8 Å². The molecule has 2 amide bonds. The molecule has 38 heavy (non-hydrogen) atoms. The Labute approximate surface area is 236 Å². The van der Waals surface area contributed by atoms with Gasteiger partial charge in [-0.1, -0.05) is 65.1 Å². The summed E-state index contributed by atoms with van der Waals surface area (Å²) < 4.78 is 13.4. The molecule has 1 aromatic carbocycles. The van der Waals surface area contributed by atoms with Gasteiger partial charge in [-0.3, -0.25) is 14.5 Å². The number of hydrogen-bond donors (Lipinski definition) is 0. The molecule has 1 aliphatic heterocycles. The molecular weight excluding hydrogens is 563 g/mol. The molecule has 13 heteroatoms. The van der Waals surface area contributed by atoms with Crippen molar-refractivity contribution in [3.63, 3.8) is 0 Å². The molecule has 0 unspecified atom stereocenters. The van der Waals surface area contributed by atoms with Crippen LogP contribution in [-0.4, -0.2) is 87.8 Å². The number of nitrogens with zero attached hydrogens (tertiary/aromatic N) is 2. The minimum atomic E-state index is -1.95. The topological polar surface area (TPSA) is 120 Å². The van der Waals surface area contributed by atoms with Crippen LogP contribution in [0.2, 0.25) is 0 Å². The van der Waals surface area contributed by atoms with E-state index in [4.69, 9.17) is 49.0 Å². The van der Waals surface area contributed by atoms with E-state index in [0.717, 1.165) is 15.4 Å². The summed E-state index contributed by atoms with van der Waals surface area (Å²) in [5.74, 6) is -2.61. The SMILES string of the molecule is CCOC(=O)[C@@H]1CC(=O)CN1C(=O)[C@H](C)N(C(=O)OCC(Cl)(Cl)Cl)[C@@H](CCc1ccccc1)C(=O)OCC. The van der Waals surface area contributed by atoms with Crippen LogP contribution in [0.25, 0.3) is 0 Å². The highest BCUT2D eigenvalue weighted by atomic mass is 35.6. The Morgan fingerprint density at radius 1 is 1.05 bits per heavy atom. The van der Waals surface area contributed by atoms with Crippen molar-refractivity contribution in [2.24, 2.45) is 0 Å². The fraction of sp³-hybridized carbons (Fsp3) is 0.560. The number of rotatable bonds is 11. The standard InChI is InChI=1S/C25H31Cl3N2O8/c1-4-36-22(33)19(12-11-17-9-7-6-8-10-17)30(24(35)38-15-25(26,27)28)16(3)21(32)29-14-18(31)13-20(29)23(34)37-5-2/h6-10,16,19-20H,4-5,11-15H2,1-3H3/t16-,19-,20-/m0/s1. The average Bonchev–Trinajstić information content (AvgIpc) is 3.26. The van der Waals surface area contributed by atoms with Gasteiger partial charge in [0.2, 0.25) is 9.70 Å². The Kier molecular flexibility index (Phi) is 12.1. The molecule has 0 bridgehead atoms. The number of amides is 2. The molecule has 1 aromatic rings. The zero-order chi connectivity index (χ0) is 28.5. The van der Waals surface area contributed by atoms with Crippen molar-refractivity contribution < 1.29 is 38.2 Å². The van der Waals surface area contributed by atoms with Gasteiger partial charge in [-0.05, 0) is 39.2 Å². The zero-order valence-corrected chi connectivity index (χ0v) is 23.6. The maximum atomic E-state index is 13.6. The Hall–Kier alpha value is -2.56. The van der Waals surface area contributed by atoms with Crippen LogP contribution in [0.15, 0.2) is 30.3 Å². The van der Waals surface area contributed by atoms with Gasteiger partial charge in [0.1, 0.15) is 24.7 Å². The minimum absolute atomic E-state index is 0.0194. The first-order chi connectivity index (χ1) is 17.9. The lowest BCUT2D eigenvalue weighted by atomic mass is 10.0. The highest BCUT2D eigenvalue weighted by Gasteiger charge is 2.46. The third kappa shape index (κ3) is 9.03. The lowest BCUT2D eigenvalue weighted by Gasteiger charge is -2.36. The summed E-state index contributed by atoms with van der Waals surface area (Å²) in [6.45, 7) is 3.63. The largest absolute Gasteiger partial charge is 0.464 e. The number of ether oxygens (including phenoxy) is 3. The molecule has 0 N–H and O–H groups in total. The molecule has 1 heterocycles. The molecular formula is C25H31Cl3N2O8. The summed E-state index contributed by atoms with van der Waals surface area (Å²) >= 11 is 17.2. The lowest BCUT2D eigenvalue weighted by molar-refractivity contribution is -0.157. The van der Waals surface area contributed by atoms with Gasteiger partial charge in [-0.25, -0.2) is 14.4 Å². The third-order valence-corrected chi connectivity index (χ3v) is 6.10. The molecule has 1 fully saturated rings. The van der Waals surface area contributed by atoms with Crippen molar-refractivity contribution >= 4 is 64.5 Å². The predicted octanol–water partition coefficient (Wildman–Crippen LogP) is 3.48. The van der Waals surface area contributed by atoms with Gasteiger partial charge in [0, 0.05) is 6.42 Å². The highest BCUT2D eigenvalue weighted by Crippen LogP contribution is 2.27. The van der Waals surface area contributed by atoms with E-state index < -0.39 is 52.5 Å². The summed E-state index contributed by atoms with van der Waals surface area (Å²) in [6, 6.07) is 5.42. The molecule has 0 aliphatic carbocycles. The number of halogens is 3. The monoisotopic (exact) mass is 592 g/mol. The molecule has 0 spiro atoms. The van der Waals surface area contributed by atoms with Crippen LogP contribution in [0.5, 0.6) is 0 Å². The zero-order valence-electron chi connectivity index (χ0n) is 21.4. The van der Waals surface area contributed by atoms with Gasteiger partial charge in [-0.15, -0.1) is 0 Å². The second kappa shape index (κ2) is 14.6. The van der Waals surface area contributed by atoms with Gasteiger partial charge in [0.25, 0.3) is 0 Å². The first kappa shape index (κ1) is 31.7. The molecule has 3 atom stereocenters. The molecule has 0 aromatic heterocycles. The number of ketones is 1. The first-order valence-corrected chi connectivity index (χ1v) is 13.2. The van der Waals surface area contributed by atoms with E-state index in [0.29, 0.717) is 6.42 Å². The van der Waals surface area contributed by atoms with Crippen LogP contribution in [0.4, 0.5) is 4.79 Å². The number of aryl methyl sites for hydroxylation is 1. The van der Waals surface area contributed by atoms with Crippen molar-refractivity contribution in [3.8, 4) is 0 Å². The van der Waals surface area contributed by atoms with Crippen LogP contribution in [0, 0.1) is 0 Å². The fourth-order valence-corrected chi connectivity index (χ4v) is 4.22. The van der Waals surface area contributed by atoms with Gasteiger partial charge >= 0.3 is 18.0 Å². The molecule has 0 saturated carbocycles. The van der Waals surface area contributed by atoms with E-state index in [2.05, 4.69) is 0 Å². The van der Waals surface area contributed by atoms with Crippen LogP contribution in [0.3, 0.4) is 0 Å². The fourth-order valence-electron chi connectivity index (χ4n) is 4.06. The van der Waals surface area contributed by atoms with Gasteiger partial charge in [0.05, 0.1) is 19.8 Å². The number of carbonyl (C=O) groups is 5. The molecule has 1 saturated heterocycles. The number of esters is 2. The number of likely N-dealkylation sites (tertiary alicyclic amines) is 1. The molecule has 1 aliphatic rings. The summed E-state index contributed by atoms with van der Waals surface area (Å²) in [4.78, 5) is 66.5. The predicted molar refractivity (Wildman–Crippen MR) is 140 cm³/mol. The second-order valence-electron chi connectivity index (χ2n) is 8.52. The Bertz CT molecular complexity index is 1000. The van der Waals surface area contributed by atoms with E-state index in [-0.39, 0.29) is 38.4 Å². The summed E-state index contributed by atoms with van der Waals surface area (Å²) in [5, 5.41) is 0. The smallest absolute Gasteiger partial charge is 0.411 e. The van der Waals surface area contributed by atoms with Crippen molar-refractivity contribution in [3.05, 3.63) is 35.9 Å². The van der Waals surface area contributed by atoms with Crippen LogP contribution >= 0.6 is 34.8 Å². The highest BCUT2D eigenvalue weighted by molar-refractivity contribution is 6.67. The van der Waals surface area contributed by atoms with Gasteiger partial charge < -0.3 is 19.1 Å². The van der Waals surface area contributed by atoms with Crippen LogP contribution in [0.1, 0.15) is 39.2 Å². The average molecular weight is 594 g/mol. The van der Waals surface area contributed by atoms with E-state index >= 15 is 0 Å². The summed E-state index contributed by atoms with van der Waals surface area (Å²) in [7, 11) is 0. The Balaban J connectivity index is 2.42. The number of carbonyl (C=O) groups excluding carboxylic acids is 5. The van der Waals surface area contributed by atoms with Crippen molar-refractivity contribution in [1.82, 2.24) is 9.80 Å². The lowest BCUT2D eigenvalue weighted by Crippen LogP contribution is -2.58. The summed E-state index contributed by atoms with van der Waals surface area (Å²) in [6.07, 6.45) is -0.900. The van der Waals surface area contributed by atoms with E-state index in [1.54, 1.807) is 13.8 Å². The Morgan fingerprint density at radius 3 is 2.26 bits per heavy atom. The number of hydrogen-bond acceptors (Lipinski definition) is 8. The molecule has 0 radical (unpaired) electrons. The summed E-state index contributed by atoms with van der Waals surface area (Å²) in [5.41, 5.74) is 0.878. The van der Waals surface area contributed by atoms with Crippen molar-refractivity contribution in [2.75, 3.05) is 26.4 Å². The second-order valence-corrected chi connectivity index (χ2v) is 11.0. The number of Topliss-reactive ketones (excluding diaryl/α,β-unsaturated/α-hetero) is 1. The third-order valence-electron chi connectivity index (χ3n) is 5.77. The van der Waals surface area contributed by atoms with E-state index in [1.165, 1.54) is 6.92 Å². The first-order valence-electron chi connectivity index (χ1n) is 12.1. The molecule has 10 nitrogen and oxygen atoms in total. The maximum absolute atomic E-state index is 13.6. The van der Waals surface area contributed by atoms with Gasteiger partial charge in [0.15, 0.2) is 5.78 Å². The number of benzene rings is 1. The maximum Gasteiger partial charge on any atom is 0.411 e. The normalized spacial score (nSPS) is 16.9.